The summed E-state index contributed by atoms with van der Waals surface area (Å²) in [7, 11) is 1.92. The molecule has 1 aliphatic rings. The van der Waals surface area contributed by atoms with Crippen LogP contribution in [-0.4, -0.2) is 35.2 Å². The zero-order chi connectivity index (χ0) is 23.6. The van der Waals surface area contributed by atoms with Crippen LogP contribution in [0.4, 0.5) is 11.4 Å². The van der Waals surface area contributed by atoms with Gasteiger partial charge in [0.15, 0.2) is 0 Å². The van der Waals surface area contributed by atoms with Gasteiger partial charge < -0.3 is 21.1 Å². The van der Waals surface area contributed by atoms with E-state index in [2.05, 4.69) is 46.1 Å². The molecule has 2 aromatic carbocycles. The van der Waals surface area contributed by atoms with Crippen LogP contribution >= 0.6 is 0 Å². The molecule has 0 spiro atoms. The molecule has 1 fully saturated rings. The van der Waals surface area contributed by atoms with Gasteiger partial charge in [-0.1, -0.05) is 24.3 Å². The van der Waals surface area contributed by atoms with E-state index < -0.39 is 5.60 Å². The number of aromatic nitrogens is 1. The van der Waals surface area contributed by atoms with Crippen LogP contribution in [0, 0.1) is 20.8 Å². The van der Waals surface area contributed by atoms with Gasteiger partial charge in [-0.15, -0.1) is 0 Å². The summed E-state index contributed by atoms with van der Waals surface area (Å²) in [6.45, 7) is 7.30. The predicted molar refractivity (Wildman–Crippen MR) is 134 cm³/mol. The lowest BCUT2D eigenvalue weighted by Crippen LogP contribution is -2.28. The fourth-order valence-electron chi connectivity index (χ4n) is 4.09. The molecule has 0 bridgehead atoms. The minimum atomic E-state index is -0.527. The monoisotopic (exact) mass is 444 g/mol. The van der Waals surface area contributed by atoms with Crippen molar-refractivity contribution in [2.75, 3.05) is 24.2 Å². The number of hydrogen-bond acceptors (Lipinski definition) is 5. The Balaban J connectivity index is 1.49. The number of anilines is 2. The number of benzene rings is 2. The Morgan fingerprint density at radius 2 is 1.67 bits per heavy atom. The number of pyridine rings is 1. The van der Waals surface area contributed by atoms with Crippen molar-refractivity contribution in [3.8, 4) is 11.1 Å². The first kappa shape index (κ1) is 23.0. The first-order chi connectivity index (χ1) is 15.8. The maximum atomic E-state index is 13.0. The number of carbonyl (C=O) groups is 1. The highest BCUT2D eigenvalue weighted by Crippen LogP contribution is 2.34. The van der Waals surface area contributed by atoms with E-state index in [0.717, 1.165) is 52.0 Å². The molecule has 1 aromatic heterocycles. The van der Waals surface area contributed by atoms with Crippen molar-refractivity contribution in [3.05, 3.63) is 76.6 Å². The average Bonchev–Trinajstić information content (AvgIpc) is 3.53. The first-order valence-electron chi connectivity index (χ1n) is 11.4. The topological polar surface area (TPSA) is 86.3 Å². The van der Waals surface area contributed by atoms with E-state index in [-0.39, 0.29) is 5.91 Å². The predicted octanol–water partition coefficient (Wildman–Crippen LogP) is 4.58. The lowest BCUT2D eigenvalue weighted by atomic mass is 9.94. The Hall–Kier alpha value is -3.22. The second-order valence-electron chi connectivity index (χ2n) is 8.98. The van der Waals surface area contributed by atoms with Gasteiger partial charge in [0, 0.05) is 37.7 Å². The second kappa shape index (κ2) is 9.33. The summed E-state index contributed by atoms with van der Waals surface area (Å²) in [6, 6.07) is 14.0. The van der Waals surface area contributed by atoms with Crippen LogP contribution in [0.2, 0.25) is 0 Å². The molecule has 172 valence electrons. The fourth-order valence-corrected chi connectivity index (χ4v) is 4.09. The van der Waals surface area contributed by atoms with Gasteiger partial charge in [0.05, 0.1) is 5.60 Å². The van der Waals surface area contributed by atoms with Crippen LogP contribution in [0.1, 0.15) is 45.6 Å². The lowest BCUT2D eigenvalue weighted by Gasteiger charge is -2.16. The molecular formula is C27H32N4O2. The quantitative estimate of drug-likeness (QED) is 0.409. The zero-order valence-corrected chi connectivity index (χ0v) is 19.7. The molecular weight excluding hydrogens is 412 g/mol. The fraction of sp³-hybridized carbons (Fsp3) is 0.333. The van der Waals surface area contributed by atoms with E-state index in [4.69, 9.17) is 0 Å². The van der Waals surface area contributed by atoms with E-state index in [1.165, 1.54) is 5.56 Å². The van der Waals surface area contributed by atoms with Gasteiger partial charge in [0.25, 0.3) is 5.91 Å². The Morgan fingerprint density at radius 1 is 1.03 bits per heavy atom. The summed E-state index contributed by atoms with van der Waals surface area (Å²) in [5, 5.41) is 19.5. The van der Waals surface area contributed by atoms with Gasteiger partial charge in [-0.25, -0.2) is 0 Å². The molecule has 0 radical (unpaired) electrons. The van der Waals surface area contributed by atoms with Gasteiger partial charge in [-0.05, 0) is 85.2 Å². The van der Waals surface area contributed by atoms with Crippen LogP contribution in [0.5, 0.6) is 0 Å². The van der Waals surface area contributed by atoms with Crippen molar-refractivity contribution >= 4 is 17.3 Å². The van der Waals surface area contributed by atoms with Gasteiger partial charge in [0.1, 0.15) is 5.69 Å². The van der Waals surface area contributed by atoms with Gasteiger partial charge in [0.2, 0.25) is 0 Å². The number of hydrogen-bond donors (Lipinski definition) is 4. The minimum absolute atomic E-state index is 0.231. The molecule has 1 amide bonds. The van der Waals surface area contributed by atoms with E-state index in [1.54, 1.807) is 6.20 Å². The summed E-state index contributed by atoms with van der Waals surface area (Å²) in [6.07, 6.45) is 3.46. The van der Waals surface area contributed by atoms with Crippen molar-refractivity contribution in [1.29, 1.82) is 0 Å². The van der Waals surface area contributed by atoms with Crippen LogP contribution < -0.4 is 16.0 Å². The third kappa shape index (κ3) is 5.07. The van der Waals surface area contributed by atoms with Crippen molar-refractivity contribution in [1.82, 2.24) is 10.3 Å². The number of nitrogens with zero attached hydrogens (tertiary/aromatic N) is 1. The molecule has 1 aliphatic carbocycles. The largest absolute Gasteiger partial charge is 0.389 e. The molecule has 1 saturated carbocycles. The van der Waals surface area contributed by atoms with Crippen molar-refractivity contribution in [3.63, 3.8) is 0 Å². The third-order valence-electron chi connectivity index (χ3n) is 6.52. The average molecular weight is 445 g/mol. The van der Waals surface area contributed by atoms with Crippen molar-refractivity contribution in [2.24, 2.45) is 0 Å². The van der Waals surface area contributed by atoms with Crippen LogP contribution in [-0.2, 0) is 6.54 Å². The molecule has 1 heterocycles. The number of amides is 1. The summed E-state index contributed by atoms with van der Waals surface area (Å²) < 4.78 is 0. The smallest absolute Gasteiger partial charge is 0.274 e. The SMILES string of the molecule is CNc1cccc(-c2cccc(NC(=O)c3cc(C)c(CNCC4(O)CC4)cn3)c2C)c1C. The van der Waals surface area contributed by atoms with E-state index in [1.807, 2.05) is 45.2 Å². The van der Waals surface area contributed by atoms with Crippen LogP contribution in [0.25, 0.3) is 11.1 Å². The Morgan fingerprint density at radius 3 is 2.27 bits per heavy atom. The zero-order valence-electron chi connectivity index (χ0n) is 19.7. The molecule has 0 saturated heterocycles. The summed E-state index contributed by atoms with van der Waals surface area (Å²) in [4.78, 5) is 17.4. The minimum Gasteiger partial charge on any atom is -0.389 e. The third-order valence-corrected chi connectivity index (χ3v) is 6.52. The standard InChI is InChI=1S/C27H32N4O2/c1-17-13-25(30-15-20(17)14-29-16-27(33)11-12-27)26(32)31-24-10-6-8-22(19(24)3)21-7-5-9-23(28-4)18(21)2/h5-10,13,15,28-29,33H,11-12,14,16H2,1-4H3,(H,31,32). The molecule has 4 rings (SSSR count). The van der Waals surface area contributed by atoms with E-state index >= 15 is 0 Å². The molecule has 3 aromatic rings. The van der Waals surface area contributed by atoms with Crippen molar-refractivity contribution < 1.29 is 9.90 Å². The molecule has 6 nitrogen and oxygen atoms in total. The highest BCUT2D eigenvalue weighted by Gasteiger charge is 2.39. The van der Waals surface area contributed by atoms with Gasteiger partial charge in [-0.2, -0.15) is 0 Å². The molecule has 0 atom stereocenters. The highest BCUT2D eigenvalue weighted by molar-refractivity contribution is 6.04. The molecule has 4 N–H and O–H groups in total. The summed E-state index contributed by atoms with van der Waals surface area (Å²) in [5.74, 6) is -0.231. The highest BCUT2D eigenvalue weighted by atomic mass is 16.3. The summed E-state index contributed by atoms with van der Waals surface area (Å²) >= 11 is 0. The normalized spacial score (nSPS) is 14.1. The number of rotatable bonds is 8. The maximum absolute atomic E-state index is 13.0. The Kier molecular flexibility index (Phi) is 6.49. The molecule has 33 heavy (non-hydrogen) atoms. The first-order valence-corrected chi connectivity index (χ1v) is 11.4. The number of carbonyl (C=O) groups excluding carboxylic acids is 1. The van der Waals surface area contributed by atoms with E-state index in [0.29, 0.717) is 18.8 Å². The Bertz CT molecular complexity index is 1180. The number of aliphatic hydroxyl groups is 1. The van der Waals surface area contributed by atoms with Crippen molar-refractivity contribution in [2.45, 2.75) is 45.8 Å². The van der Waals surface area contributed by atoms with Crippen LogP contribution in [0.15, 0.2) is 48.7 Å². The van der Waals surface area contributed by atoms with Gasteiger partial charge >= 0.3 is 0 Å². The van der Waals surface area contributed by atoms with Gasteiger partial charge in [-0.3, -0.25) is 9.78 Å². The second-order valence-corrected chi connectivity index (χ2v) is 8.98. The molecule has 0 aliphatic heterocycles. The van der Waals surface area contributed by atoms with Crippen LogP contribution in [0.3, 0.4) is 0 Å². The number of aryl methyl sites for hydroxylation is 1. The molecule has 0 unspecified atom stereocenters. The van der Waals surface area contributed by atoms with E-state index in [9.17, 15) is 9.90 Å². The number of nitrogens with one attached hydrogen (secondary N) is 3. The Labute approximate surface area is 195 Å². The molecule has 6 heteroatoms. The maximum Gasteiger partial charge on any atom is 0.274 e. The lowest BCUT2D eigenvalue weighted by molar-refractivity contribution is 0.102. The summed E-state index contributed by atoms with van der Waals surface area (Å²) in [5.41, 5.74) is 8.14.